The Hall–Kier alpha value is -2.92. The largest absolute Gasteiger partial charge is 0.452 e. The van der Waals surface area contributed by atoms with Gasteiger partial charge in [0.1, 0.15) is 18.8 Å². The minimum Gasteiger partial charge on any atom is -0.452 e. The lowest BCUT2D eigenvalue weighted by Crippen LogP contribution is -2.16. The number of ether oxygens (including phenoxy) is 1. The molecular formula is C19H16ClN3O2. The average molecular weight is 354 g/mol. The van der Waals surface area contributed by atoms with Gasteiger partial charge in [-0.15, -0.1) is 0 Å². The molecule has 0 saturated carbocycles. The molecule has 25 heavy (non-hydrogen) atoms. The number of carbonyl (C=O) groups excluding carboxylic acids is 1. The zero-order valence-electron chi connectivity index (χ0n) is 13.3. The van der Waals surface area contributed by atoms with Gasteiger partial charge in [-0.2, -0.15) is 5.10 Å². The van der Waals surface area contributed by atoms with Crippen LogP contribution >= 0.6 is 11.6 Å². The standard InChI is InChI=1S/C19H16ClN3O2/c20-17-9-7-16(8-10-17)18(12-23-14-21-13-22-23)25-19(24)11-6-15-4-2-1-3-5-15/h1-11,13-14,18H,12H2/b11-6+. The van der Waals surface area contributed by atoms with Gasteiger partial charge in [0.05, 0.1) is 6.54 Å². The van der Waals surface area contributed by atoms with Crippen LogP contribution in [0.15, 0.2) is 73.3 Å². The first kappa shape index (κ1) is 16.9. The second kappa shape index (κ2) is 8.26. The fourth-order valence-corrected chi connectivity index (χ4v) is 2.42. The molecule has 0 amide bonds. The summed E-state index contributed by atoms with van der Waals surface area (Å²) in [6.07, 6.45) is 5.66. The van der Waals surface area contributed by atoms with Crippen LogP contribution < -0.4 is 0 Å². The van der Waals surface area contributed by atoms with Crippen LogP contribution in [0.4, 0.5) is 0 Å². The topological polar surface area (TPSA) is 57.0 Å². The molecule has 1 unspecified atom stereocenters. The second-order valence-corrected chi connectivity index (χ2v) is 5.78. The quantitative estimate of drug-likeness (QED) is 0.497. The molecule has 6 heteroatoms. The van der Waals surface area contributed by atoms with Crippen molar-refractivity contribution < 1.29 is 9.53 Å². The van der Waals surface area contributed by atoms with Gasteiger partial charge in [0.25, 0.3) is 0 Å². The summed E-state index contributed by atoms with van der Waals surface area (Å²) in [5.74, 6) is -0.427. The van der Waals surface area contributed by atoms with Crippen molar-refractivity contribution in [3.63, 3.8) is 0 Å². The van der Waals surface area contributed by atoms with Gasteiger partial charge in [-0.3, -0.25) is 0 Å². The van der Waals surface area contributed by atoms with Crippen molar-refractivity contribution in [2.75, 3.05) is 0 Å². The van der Waals surface area contributed by atoms with Crippen LogP contribution in [0.25, 0.3) is 6.08 Å². The molecule has 0 aliphatic carbocycles. The van der Waals surface area contributed by atoms with Gasteiger partial charge in [-0.1, -0.05) is 54.1 Å². The van der Waals surface area contributed by atoms with Gasteiger partial charge < -0.3 is 4.74 Å². The Morgan fingerprint density at radius 3 is 2.60 bits per heavy atom. The van der Waals surface area contributed by atoms with E-state index in [1.807, 2.05) is 42.5 Å². The third kappa shape index (κ3) is 5.02. The highest BCUT2D eigenvalue weighted by atomic mass is 35.5. The van der Waals surface area contributed by atoms with Crippen molar-refractivity contribution in [1.29, 1.82) is 0 Å². The fourth-order valence-electron chi connectivity index (χ4n) is 2.29. The Kier molecular flexibility index (Phi) is 5.59. The van der Waals surface area contributed by atoms with Crippen LogP contribution in [-0.4, -0.2) is 20.7 Å². The summed E-state index contributed by atoms with van der Waals surface area (Å²) in [6.45, 7) is 0.368. The molecule has 0 radical (unpaired) electrons. The van der Waals surface area contributed by atoms with Crippen molar-refractivity contribution in [2.24, 2.45) is 0 Å². The molecule has 3 rings (SSSR count). The summed E-state index contributed by atoms with van der Waals surface area (Å²) in [4.78, 5) is 16.1. The summed E-state index contributed by atoms with van der Waals surface area (Å²) in [5.41, 5.74) is 1.76. The summed E-state index contributed by atoms with van der Waals surface area (Å²) in [5, 5.41) is 4.69. The Morgan fingerprint density at radius 2 is 1.92 bits per heavy atom. The molecular weight excluding hydrogens is 338 g/mol. The van der Waals surface area contributed by atoms with Gasteiger partial charge in [-0.05, 0) is 29.3 Å². The summed E-state index contributed by atoms with van der Waals surface area (Å²) < 4.78 is 7.23. The lowest BCUT2D eigenvalue weighted by Gasteiger charge is -2.17. The number of halogens is 1. The Bertz CT molecular complexity index is 831. The summed E-state index contributed by atoms with van der Waals surface area (Å²) in [6, 6.07) is 16.8. The molecule has 0 N–H and O–H groups in total. The predicted octanol–water partition coefficient (Wildman–Crippen LogP) is 3.93. The first-order valence-corrected chi connectivity index (χ1v) is 8.10. The molecule has 126 valence electrons. The molecule has 1 heterocycles. The number of nitrogens with zero attached hydrogens (tertiary/aromatic N) is 3. The molecule has 0 aliphatic rings. The van der Waals surface area contributed by atoms with Crippen LogP contribution in [0, 0.1) is 0 Å². The van der Waals surface area contributed by atoms with Gasteiger partial charge in [0.15, 0.2) is 0 Å². The maximum Gasteiger partial charge on any atom is 0.331 e. The number of esters is 1. The zero-order valence-corrected chi connectivity index (χ0v) is 14.1. The Labute approximate surface area is 150 Å². The second-order valence-electron chi connectivity index (χ2n) is 5.34. The molecule has 0 fully saturated rings. The van der Waals surface area contributed by atoms with Crippen LogP contribution in [0.2, 0.25) is 5.02 Å². The molecule has 2 aromatic carbocycles. The van der Waals surface area contributed by atoms with Crippen molar-refractivity contribution in [3.8, 4) is 0 Å². The van der Waals surface area contributed by atoms with Gasteiger partial charge in [-0.25, -0.2) is 14.5 Å². The highest BCUT2D eigenvalue weighted by Gasteiger charge is 2.17. The molecule has 0 aliphatic heterocycles. The van der Waals surface area contributed by atoms with E-state index in [-0.39, 0.29) is 0 Å². The SMILES string of the molecule is O=C(/C=C/c1ccccc1)OC(Cn1cncn1)c1ccc(Cl)cc1. The van der Waals surface area contributed by atoms with E-state index >= 15 is 0 Å². The number of benzene rings is 2. The van der Waals surface area contributed by atoms with Gasteiger partial charge >= 0.3 is 5.97 Å². The van der Waals surface area contributed by atoms with Crippen LogP contribution in [0.5, 0.6) is 0 Å². The molecule has 1 atom stereocenters. The molecule has 5 nitrogen and oxygen atoms in total. The van der Waals surface area contributed by atoms with Crippen molar-refractivity contribution in [3.05, 3.63) is 89.5 Å². The number of aromatic nitrogens is 3. The summed E-state index contributed by atoms with van der Waals surface area (Å²) in [7, 11) is 0. The van der Waals surface area contributed by atoms with E-state index in [0.717, 1.165) is 11.1 Å². The fraction of sp³-hybridized carbons (Fsp3) is 0.105. The first-order chi connectivity index (χ1) is 12.2. The minimum absolute atomic E-state index is 0.368. The van der Waals surface area contributed by atoms with E-state index in [1.165, 1.54) is 12.4 Å². The Balaban J connectivity index is 1.73. The van der Waals surface area contributed by atoms with E-state index in [4.69, 9.17) is 16.3 Å². The third-order valence-electron chi connectivity index (χ3n) is 3.53. The lowest BCUT2D eigenvalue weighted by atomic mass is 10.1. The number of carbonyl (C=O) groups is 1. The number of hydrogen-bond acceptors (Lipinski definition) is 4. The van der Waals surface area contributed by atoms with E-state index in [2.05, 4.69) is 10.1 Å². The van der Waals surface area contributed by atoms with Crippen molar-refractivity contribution in [2.45, 2.75) is 12.6 Å². The molecule has 0 spiro atoms. The first-order valence-electron chi connectivity index (χ1n) is 7.72. The van der Waals surface area contributed by atoms with E-state index in [1.54, 1.807) is 29.2 Å². The van der Waals surface area contributed by atoms with E-state index < -0.39 is 12.1 Å². The monoisotopic (exact) mass is 353 g/mol. The van der Waals surface area contributed by atoms with Crippen LogP contribution in [-0.2, 0) is 16.1 Å². The highest BCUT2D eigenvalue weighted by molar-refractivity contribution is 6.30. The maximum absolute atomic E-state index is 12.2. The molecule has 3 aromatic rings. The minimum atomic E-state index is -0.494. The maximum atomic E-state index is 12.2. The molecule has 0 saturated heterocycles. The predicted molar refractivity (Wildman–Crippen MR) is 95.8 cm³/mol. The molecule has 0 bridgehead atoms. The van der Waals surface area contributed by atoms with Crippen LogP contribution in [0.1, 0.15) is 17.2 Å². The smallest absolute Gasteiger partial charge is 0.331 e. The average Bonchev–Trinajstić information content (AvgIpc) is 3.14. The van der Waals surface area contributed by atoms with Crippen LogP contribution in [0.3, 0.4) is 0 Å². The highest BCUT2D eigenvalue weighted by Crippen LogP contribution is 2.22. The van der Waals surface area contributed by atoms with E-state index in [9.17, 15) is 4.79 Å². The van der Waals surface area contributed by atoms with Gasteiger partial charge in [0.2, 0.25) is 0 Å². The normalized spacial score (nSPS) is 12.2. The van der Waals surface area contributed by atoms with E-state index in [0.29, 0.717) is 11.6 Å². The summed E-state index contributed by atoms with van der Waals surface area (Å²) >= 11 is 5.94. The van der Waals surface area contributed by atoms with Crippen molar-refractivity contribution in [1.82, 2.24) is 14.8 Å². The molecule has 1 aromatic heterocycles. The zero-order chi connectivity index (χ0) is 17.5. The Morgan fingerprint density at radius 1 is 1.16 bits per heavy atom. The third-order valence-corrected chi connectivity index (χ3v) is 3.78. The van der Waals surface area contributed by atoms with Crippen molar-refractivity contribution >= 4 is 23.6 Å². The number of hydrogen-bond donors (Lipinski definition) is 0. The van der Waals surface area contributed by atoms with Gasteiger partial charge in [0, 0.05) is 11.1 Å². The lowest BCUT2D eigenvalue weighted by molar-refractivity contribution is -0.144. The number of rotatable bonds is 6.